The Morgan fingerprint density at radius 2 is 2.20 bits per heavy atom. The lowest BCUT2D eigenvalue weighted by atomic mass is 10.1. The van der Waals surface area contributed by atoms with Crippen LogP contribution in [0.25, 0.3) is 0 Å². The largest absolute Gasteiger partial charge is 0.394 e. The summed E-state index contributed by atoms with van der Waals surface area (Å²) in [6, 6.07) is 0. The summed E-state index contributed by atoms with van der Waals surface area (Å²) in [7, 11) is 0. The molecule has 20 heavy (non-hydrogen) atoms. The van der Waals surface area contributed by atoms with E-state index in [-0.39, 0.29) is 12.7 Å². The van der Waals surface area contributed by atoms with Crippen LogP contribution >= 0.6 is 0 Å². The van der Waals surface area contributed by atoms with Gasteiger partial charge in [-0.3, -0.25) is 0 Å². The summed E-state index contributed by atoms with van der Waals surface area (Å²) in [6.45, 7) is 4.35. The van der Waals surface area contributed by atoms with Crippen LogP contribution in [0.1, 0.15) is 25.3 Å². The van der Waals surface area contributed by atoms with Crippen molar-refractivity contribution < 1.29 is 9.84 Å². The molecule has 0 aliphatic carbocycles. The van der Waals surface area contributed by atoms with Crippen LogP contribution in [-0.4, -0.2) is 47.5 Å². The van der Waals surface area contributed by atoms with Crippen molar-refractivity contribution in [3.63, 3.8) is 0 Å². The summed E-state index contributed by atoms with van der Waals surface area (Å²) in [4.78, 5) is 10.8. The first kappa shape index (κ1) is 15.0. The molecule has 0 unspecified atom stereocenters. The van der Waals surface area contributed by atoms with Gasteiger partial charge in [-0.15, -0.1) is 0 Å². The molecule has 2 rings (SSSR count). The lowest BCUT2D eigenvalue weighted by Gasteiger charge is -2.33. The average Bonchev–Trinajstić information content (AvgIpc) is 2.52. The zero-order valence-corrected chi connectivity index (χ0v) is 11.9. The van der Waals surface area contributed by atoms with Crippen LogP contribution in [0, 0.1) is 0 Å². The van der Waals surface area contributed by atoms with Gasteiger partial charge >= 0.3 is 0 Å². The van der Waals surface area contributed by atoms with Gasteiger partial charge in [0.2, 0.25) is 0 Å². The van der Waals surface area contributed by atoms with Crippen LogP contribution in [0.4, 0.5) is 11.6 Å². The fourth-order valence-corrected chi connectivity index (χ4v) is 2.58. The van der Waals surface area contributed by atoms with Gasteiger partial charge in [0.05, 0.1) is 19.3 Å². The molecule has 0 aromatic carbocycles. The lowest BCUT2D eigenvalue weighted by molar-refractivity contribution is 0.0158. The quantitative estimate of drug-likeness (QED) is 0.510. The van der Waals surface area contributed by atoms with Crippen molar-refractivity contribution in [2.45, 2.75) is 32.3 Å². The highest BCUT2D eigenvalue weighted by Crippen LogP contribution is 2.26. The third kappa shape index (κ3) is 3.36. The van der Waals surface area contributed by atoms with Crippen molar-refractivity contribution in [2.24, 2.45) is 5.84 Å². The number of anilines is 2. The number of hydrogen-bond donors (Lipinski definition) is 3. The van der Waals surface area contributed by atoms with Gasteiger partial charge in [-0.05, 0) is 19.3 Å². The molecule has 0 bridgehead atoms. The topological polar surface area (TPSA) is 96.5 Å². The summed E-state index contributed by atoms with van der Waals surface area (Å²) in [5.41, 5.74) is 3.68. The van der Waals surface area contributed by atoms with Gasteiger partial charge in [-0.2, -0.15) is 0 Å². The van der Waals surface area contributed by atoms with E-state index >= 15 is 0 Å². The normalized spacial score (nSPS) is 16.4. The monoisotopic (exact) mass is 281 g/mol. The highest BCUT2D eigenvalue weighted by Gasteiger charge is 2.23. The third-order valence-electron chi connectivity index (χ3n) is 3.60. The van der Waals surface area contributed by atoms with Gasteiger partial charge in [-0.25, -0.2) is 15.8 Å². The molecule has 0 saturated carbocycles. The van der Waals surface area contributed by atoms with Crippen molar-refractivity contribution in [1.82, 2.24) is 9.97 Å². The molecule has 0 amide bonds. The molecule has 0 atom stereocenters. The fraction of sp³-hybridized carbons (Fsp3) is 0.692. The van der Waals surface area contributed by atoms with Crippen LogP contribution in [0.5, 0.6) is 0 Å². The second kappa shape index (κ2) is 7.37. The molecular weight excluding hydrogens is 258 g/mol. The summed E-state index contributed by atoms with van der Waals surface area (Å²) < 4.78 is 5.58. The summed E-state index contributed by atoms with van der Waals surface area (Å²) in [6.07, 6.45) is 4.49. The standard InChI is InChI=1S/C13H23N5O2/c1-2-11-12(17-14)15-9-16-13(11)18-5-3-10(4-6-18)20-8-7-19/h9-10,19H,2-8,14H2,1H3,(H,15,16,17). The first-order chi connectivity index (χ1) is 9.80. The van der Waals surface area contributed by atoms with E-state index in [1.54, 1.807) is 0 Å². The van der Waals surface area contributed by atoms with Gasteiger partial charge in [-0.1, -0.05) is 6.92 Å². The summed E-state index contributed by atoms with van der Waals surface area (Å²) >= 11 is 0. The Morgan fingerprint density at radius 3 is 2.80 bits per heavy atom. The third-order valence-corrected chi connectivity index (χ3v) is 3.60. The number of aliphatic hydroxyl groups excluding tert-OH is 1. The van der Waals surface area contributed by atoms with E-state index in [1.165, 1.54) is 6.33 Å². The molecule has 1 aromatic rings. The highest BCUT2D eigenvalue weighted by atomic mass is 16.5. The number of aliphatic hydroxyl groups is 1. The van der Waals surface area contributed by atoms with Gasteiger partial charge < -0.3 is 20.2 Å². The van der Waals surface area contributed by atoms with E-state index < -0.39 is 0 Å². The maximum absolute atomic E-state index is 8.78. The van der Waals surface area contributed by atoms with E-state index in [4.69, 9.17) is 15.7 Å². The average molecular weight is 281 g/mol. The van der Waals surface area contributed by atoms with Crippen LogP contribution in [0.15, 0.2) is 6.33 Å². The van der Waals surface area contributed by atoms with Crippen molar-refractivity contribution in [3.8, 4) is 0 Å². The number of hydrazine groups is 1. The molecule has 1 aliphatic heterocycles. The van der Waals surface area contributed by atoms with Crippen molar-refractivity contribution in [3.05, 3.63) is 11.9 Å². The van der Waals surface area contributed by atoms with Gasteiger partial charge in [0.25, 0.3) is 0 Å². The molecule has 7 nitrogen and oxygen atoms in total. The molecule has 1 aliphatic rings. The Bertz CT molecular complexity index is 421. The number of hydrogen-bond acceptors (Lipinski definition) is 7. The Labute approximate surface area is 119 Å². The molecule has 1 fully saturated rings. The number of nitrogen functional groups attached to an aromatic ring is 1. The first-order valence-corrected chi connectivity index (χ1v) is 7.08. The minimum Gasteiger partial charge on any atom is -0.394 e. The Morgan fingerprint density at radius 1 is 1.45 bits per heavy atom. The smallest absolute Gasteiger partial charge is 0.148 e. The van der Waals surface area contributed by atoms with E-state index in [0.29, 0.717) is 12.4 Å². The number of ether oxygens (including phenoxy) is 1. The first-order valence-electron chi connectivity index (χ1n) is 7.08. The van der Waals surface area contributed by atoms with Crippen LogP contribution < -0.4 is 16.2 Å². The maximum Gasteiger partial charge on any atom is 0.148 e. The van der Waals surface area contributed by atoms with Crippen LogP contribution in [-0.2, 0) is 11.2 Å². The lowest BCUT2D eigenvalue weighted by Crippen LogP contribution is -2.38. The molecule has 0 radical (unpaired) electrons. The minimum atomic E-state index is 0.0810. The molecule has 0 spiro atoms. The predicted molar refractivity (Wildman–Crippen MR) is 77.5 cm³/mol. The maximum atomic E-state index is 8.78. The predicted octanol–water partition coefficient (Wildman–Crippen LogP) is 0.302. The Hall–Kier alpha value is -1.44. The fourth-order valence-electron chi connectivity index (χ4n) is 2.58. The Balaban J connectivity index is 2.03. The molecule has 2 heterocycles. The zero-order valence-electron chi connectivity index (χ0n) is 11.9. The second-order valence-electron chi connectivity index (χ2n) is 4.80. The molecule has 1 saturated heterocycles. The summed E-state index contributed by atoms with van der Waals surface area (Å²) in [5.74, 6) is 7.14. The highest BCUT2D eigenvalue weighted by molar-refractivity contribution is 5.58. The molecule has 4 N–H and O–H groups in total. The SMILES string of the molecule is CCc1c(NN)ncnc1N1CCC(OCCO)CC1. The molecular formula is C13H23N5O2. The zero-order chi connectivity index (χ0) is 14.4. The minimum absolute atomic E-state index is 0.0810. The van der Waals surface area contributed by atoms with Crippen LogP contribution in [0.3, 0.4) is 0 Å². The number of aromatic nitrogens is 2. The number of nitrogens with zero attached hydrogens (tertiary/aromatic N) is 3. The summed E-state index contributed by atoms with van der Waals surface area (Å²) in [5, 5.41) is 8.78. The van der Waals surface area contributed by atoms with Crippen molar-refractivity contribution >= 4 is 11.6 Å². The Kier molecular flexibility index (Phi) is 5.51. The van der Waals surface area contributed by atoms with E-state index in [9.17, 15) is 0 Å². The van der Waals surface area contributed by atoms with Crippen molar-refractivity contribution in [2.75, 3.05) is 36.6 Å². The molecule has 7 heteroatoms. The van der Waals surface area contributed by atoms with Gasteiger partial charge in [0.1, 0.15) is 18.0 Å². The second-order valence-corrected chi connectivity index (χ2v) is 4.80. The number of rotatable bonds is 6. The van der Waals surface area contributed by atoms with Gasteiger partial charge in [0, 0.05) is 18.7 Å². The molecule has 112 valence electrons. The number of nitrogens with two attached hydrogens (primary N) is 1. The number of nitrogens with one attached hydrogen (secondary N) is 1. The van der Waals surface area contributed by atoms with E-state index in [0.717, 1.165) is 43.7 Å². The van der Waals surface area contributed by atoms with E-state index in [1.807, 2.05) is 0 Å². The number of piperidine rings is 1. The molecule has 1 aromatic heterocycles. The van der Waals surface area contributed by atoms with Crippen LogP contribution in [0.2, 0.25) is 0 Å². The van der Waals surface area contributed by atoms with Crippen molar-refractivity contribution in [1.29, 1.82) is 0 Å². The van der Waals surface area contributed by atoms with Gasteiger partial charge in [0.15, 0.2) is 0 Å². The van der Waals surface area contributed by atoms with E-state index in [2.05, 4.69) is 27.2 Å².